The second kappa shape index (κ2) is 7.98. The number of halogens is 2. The van der Waals surface area contributed by atoms with E-state index in [2.05, 4.69) is 5.32 Å². The van der Waals surface area contributed by atoms with Crippen molar-refractivity contribution in [2.24, 2.45) is 0 Å². The first-order valence-corrected chi connectivity index (χ1v) is 9.04. The highest BCUT2D eigenvalue weighted by molar-refractivity contribution is 6.36. The standard InChI is InChI=1S/C19H18Cl2N2O3/c20-13-10-15(17(24)16(21)11-13)18(25)22-14-6-8-23(9-7-14)19(26)12-4-2-1-3-5-12/h1-5,10-11,14,24H,6-9H2,(H,22,25). The Morgan fingerprint density at radius 1 is 1.08 bits per heavy atom. The van der Waals surface area contributed by atoms with Crippen LogP contribution in [-0.2, 0) is 0 Å². The van der Waals surface area contributed by atoms with Gasteiger partial charge in [0.1, 0.15) is 5.75 Å². The fourth-order valence-corrected chi connectivity index (χ4v) is 3.49. The monoisotopic (exact) mass is 392 g/mol. The van der Waals surface area contributed by atoms with Crippen molar-refractivity contribution in [3.05, 3.63) is 63.6 Å². The molecule has 1 heterocycles. The average Bonchev–Trinajstić information content (AvgIpc) is 2.65. The molecule has 136 valence electrons. The summed E-state index contributed by atoms with van der Waals surface area (Å²) in [5.74, 6) is -0.723. The molecule has 0 unspecified atom stereocenters. The zero-order chi connectivity index (χ0) is 18.7. The van der Waals surface area contributed by atoms with Gasteiger partial charge in [-0.25, -0.2) is 0 Å². The van der Waals surface area contributed by atoms with Crippen molar-refractivity contribution in [3.63, 3.8) is 0 Å². The number of benzene rings is 2. The molecule has 26 heavy (non-hydrogen) atoms. The van der Waals surface area contributed by atoms with Gasteiger partial charge < -0.3 is 15.3 Å². The van der Waals surface area contributed by atoms with E-state index in [9.17, 15) is 14.7 Å². The van der Waals surface area contributed by atoms with Gasteiger partial charge in [-0.2, -0.15) is 0 Å². The molecule has 2 aromatic carbocycles. The van der Waals surface area contributed by atoms with Gasteiger partial charge in [-0.05, 0) is 37.1 Å². The molecule has 7 heteroatoms. The van der Waals surface area contributed by atoms with Gasteiger partial charge in [0.25, 0.3) is 11.8 Å². The van der Waals surface area contributed by atoms with Crippen molar-refractivity contribution < 1.29 is 14.7 Å². The lowest BCUT2D eigenvalue weighted by Crippen LogP contribution is -2.46. The minimum Gasteiger partial charge on any atom is -0.506 e. The molecule has 0 spiro atoms. The number of carbonyl (C=O) groups excluding carboxylic acids is 2. The number of rotatable bonds is 3. The number of aromatic hydroxyl groups is 1. The van der Waals surface area contributed by atoms with Crippen LogP contribution in [0.15, 0.2) is 42.5 Å². The minimum atomic E-state index is -0.431. The summed E-state index contributed by atoms with van der Waals surface area (Å²) in [6.07, 6.45) is 1.28. The Morgan fingerprint density at radius 3 is 2.38 bits per heavy atom. The van der Waals surface area contributed by atoms with Crippen LogP contribution in [0.5, 0.6) is 5.75 Å². The van der Waals surface area contributed by atoms with Crippen LogP contribution in [0.4, 0.5) is 0 Å². The highest BCUT2D eigenvalue weighted by Crippen LogP contribution is 2.31. The van der Waals surface area contributed by atoms with E-state index in [-0.39, 0.29) is 33.3 Å². The summed E-state index contributed by atoms with van der Waals surface area (Å²) >= 11 is 11.8. The number of hydrogen-bond donors (Lipinski definition) is 2. The number of phenolic OH excluding ortho intramolecular Hbond substituents is 1. The van der Waals surface area contributed by atoms with Crippen molar-refractivity contribution in [2.75, 3.05) is 13.1 Å². The number of likely N-dealkylation sites (tertiary alicyclic amines) is 1. The molecule has 0 bridgehead atoms. The Balaban J connectivity index is 1.59. The fourth-order valence-electron chi connectivity index (χ4n) is 2.99. The second-order valence-electron chi connectivity index (χ2n) is 6.19. The van der Waals surface area contributed by atoms with Gasteiger partial charge in [0.05, 0.1) is 10.6 Å². The first-order chi connectivity index (χ1) is 12.5. The largest absolute Gasteiger partial charge is 0.506 e. The summed E-state index contributed by atoms with van der Waals surface area (Å²) in [6, 6.07) is 11.8. The minimum absolute atomic E-state index is 0.00496. The first kappa shape index (κ1) is 18.5. The molecule has 3 rings (SSSR count). The molecule has 1 fully saturated rings. The van der Waals surface area contributed by atoms with Gasteiger partial charge in [0.15, 0.2) is 0 Å². The summed E-state index contributed by atoms with van der Waals surface area (Å²) in [5, 5.41) is 13.1. The number of amides is 2. The van der Waals surface area contributed by atoms with E-state index in [1.165, 1.54) is 12.1 Å². The molecule has 5 nitrogen and oxygen atoms in total. The Morgan fingerprint density at radius 2 is 1.73 bits per heavy atom. The number of hydrogen-bond acceptors (Lipinski definition) is 3. The Hall–Kier alpha value is -2.24. The quantitative estimate of drug-likeness (QED) is 0.835. The van der Waals surface area contributed by atoms with Crippen LogP contribution in [-0.4, -0.2) is 41.0 Å². The van der Waals surface area contributed by atoms with E-state index >= 15 is 0 Å². The molecule has 2 aromatic rings. The molecular formula is C19H18Cl2N2O3. The smallest absolute Gasteiger partial charge is 0.255 e. The highest BCUT2D eigenvalue weighted by atomic mass is 35.5. The summed E-state index contributed by atoms with van der Waals surface area (Å²) in [6.45, 7) is 1.11. The van der Waals surface area contributed by atoms with Gasteiger partial charge in [-0.15, -0.1) is 0 Å². The number of carbonyl (C=O) groups is 2. The average molecular weight is 393 g/mol. The Kier molecular flexibility index (Phi) is 5.69. The second-order valence-corrected chi connectivity index (χ2v) is 7.03. The van der Waals surface area contributed by atoms with Crippen LogP contribution in [0.3, 0.4) is 0 Å². The molecule has 1 aliphatic rings. The van der Waals surface area contributed by atoms with E-state index < -0.39 is 5.91 Å². The van der Waals surface area contributed by atoms with Crippen LogP contribution in [0.25, 0.3) is 0 Å². The van der Waals surface area contributed by atoms with E-state index in [1.54, 1.807) is 17.0 Å². The van der Waals surface area contributed by atoms with Crippen LogP contribution in [0.1, 0.15) is 33.6 Å². The fraction of sp³-hybridized carbons (Fsp3) is 0.263. The van der Waals surface area contributed by atoms with Crippen LogP contribution >= 0.6 is 23.2 Å². The predicted molar refractivity (Wildman–Crippen MR) is 101 cm³/mol. The molecule has 1 saturated heterocycles. The normalized spacial score (nSPS) is 14.9. The summed E-state index contributed by atoms with van der Waals surface area (Å²) in [4.78, 5) is 26.6. The third kappa shape index (κ3) is 4.11. The Labute approximate surface area is 161 Å². The lowest BCUT2D eigenvalue weighted by atomic mass is 10.0. The molecule has 0 radical (unpaired) electrons. The summed E-state index contributed by atoms with van der Waals surface area (Å²) in [7, 11) is 0. The van der Waals surface area contributed by atoms with Gasteiger partial charge in [-0.1, -0.05) is 41.4 Å². The molecule has 2 amide bonds. The molecule has 1 aliphatic heterocycles. The highest BCUT2D eigenvalue weighted by Gasteiger charge is 2.26. The number of nitrogens with one attached hydrogen (secondary N) is 1. The maximum atomic E-state index is 12.4. The Bertz CT molecular complexity index is 819. The lowest BCUT2D eigenvalue weighted by Gasteiger charge is -2.32. The number of piperidine rings is 1. The van der Waals surface area contributed by atoms with E-state index in [0.717, 1.165) is 0 Å². The van der Waals surface area contributed by atoms with Crippen molar-refractivity contribution in [3.8, 4) is 5.75 Å². The molecule has 2 N–H and O–H groups in total. The number of nitrogens with zero attached hydrogens (tertiary/aromatic N) is 1. The third-order valence-corrected chi connectivity index (χ3v) is 4.92. The molecule has 0 atom stereocenters. The first-order valence-electron chi connectivity index (χ1n) is 8.29. The van der Waals surface area contributed by atoms with Gasteiger partial charge in [-0.3, -0.25) is 9.59 Å². The molecule has 0 saturated carbocycles. The van der Waals surface area contributed by atoms with Crippen molar-refractivity contribution in [1.82, 2.24) is 10.2 Å². The van der Waals surface area contributed by atoms with Crippen molar-refractivity contribution in [1.29, 1.82) is 0 Å². The lowest BCUT2D eigenvalue weighted by molar-refractivity contribution is 0.0698. The van der Waals surface area contributed by atoms with Gasteiger partial charge in [0, 0.05) is 29.7 Å². The molecular weight excluding hydrogens is 375 g/mol. The summed E-state index contributed by atoms with van der Waals surface area (Å²) in [5.41, 5.74) is 0.707. The zero-order valence-corrected chi connectivity index (χ0v) is 15.4. The van der Waals surface area contributed by atoms with E-state index in [4.69, 9.17) is 23.2 Å². The van der Waals surface area contributed by atoms with E-state index in [1.807, 2.05) is 18.2 Å². The zero-order valence-electron chi connectivity index (χ0n) is 13.9. The maximum absolute atomic E-state index is 12.4. The number of phenols is 1. The molecule has 0 aliphatic carbocycles. The predicted octanol–water partition coefficient (Wildman–Crippen LogP) is 3.73. The SMILES string of the molecule is O=C(NC1CCN(C(=O)c2ccccc2)CC1)c1cc(Cl)cc(Cl)c1O. The van der Waals surface area contributed by atoms with Crippen LogP contribution < -0.4 is 5.32 Å². The third-order valence-electron chi connectivity index (χ3n) is 4.41. The maximum Gasteiger partial charge on any atom is 0.255 e. The van der Waals surface area contributed by atoms with Gasteiger partial charge in [0.2, 0.25) is 0 Å². The van der Waals surface area contributed by atoms with Crippen molar-refractivity contribution in [2.45, 2.75) is 18.9 Å². The molecule has 0 aromatic heterocycles. The van der Waals surface area contributed by atoms with Gasteiger partial charge >= 0.3 is 0 Å². The van der Waals surface area contributed by atoms with E-state index in [0.29, 0.717) is 31.5 Å². The topological polar surface area (TPSA) is 69.6 Å². The van der Waals surface area contributed by atoms with Crippen LogP contribution in [0.2, 0.25) is 10.0 Å². The van der Waals surface area contributed by atoms with Crippen LogP contribution in [0, 0.1) is 0 Å². The summed E-state index contributed by atoms with van der Waals surface area (Å²) < 4.78 is 0. The van der Waals surface area contributed by atoms with Crippen molar-refractivity contribution >= 4 is 35.0 Å².